The third kappa shape index (κ3) is 2.49. The Hall–Kier alpha value is -1.54. The number of thiazole rings is 1. The van der Waals surface area contributed by atoms with E-state index >= 15 is 0 Å². The Labute approximate surface area is 112 Å². The number of hydrogen-bond donors (Lipinski definition) is 2. The summed E-state index contributed by atoms with van der Waals surface area (Å²) < 4.78 is 0. The maximum Gasteiger partial charge on any atom is 0.412 e. The van der Waals surface area contributed by atoms with E-state index in [0.29, 0.717) is 22.4 Å². The number of carboxylic acid groups (broad SMARTS) is 1. The molecular weight excluding hydrogens is 274 g/mol. The standard InChI is InChI=1S/C10H11N3O3S2/c1-5-8(18-9(11-5)12-6(2)14)7-3-17-4-13(7)10(15)16/h3H,4H2,1-2H3,(H,15,16)(H,11,12,14). The summed E-state index contributed by atoms with van der Waals surface area (Å²) in [6, 6.07) is 0. The van der Waals surface area contributed by atoms with E-state index in [1.54, 1.807) is 12.3 Å². The molecule has 8 heteroatoms. The first-order valence-corrected chi connectivity index (χ1v) is 6.93. The number of aromatic nitrogens is 1. The van der Waals surface area contributed by atoms with Gasteiger partial charge in [0.05, 0.1) is 22.1 Å². The molecule has 2 N–H and O–H groups in total. The summed E-state index contributed by atoms with van der Waals surface area (Å²) in [7, 11) is 0. The van der Waals surface area contributed by atoms with Crippen molar-refractivity contribution in [2.75, 3.05) is 11.2 Å². The molecule has 0 aliphatic carbocycles. The van der Waals surface area contributed by atoms with Crippen molar-refractivity contribution in [2.24, 2.45) is 0 Å². The van der Waals surface area contributed by atoms with E-state index in [0.717, 1.165) is 4.88 Å². The van der Waals surface area contributed by atoms with Gasteiger partial charge in [-0.2, -0.15) is 0 Å². The van der Waals surface area contributed by atoms with E-state index in [-0.39, 0.29) is 5.91 Å². The lowest BCUT2D eigenvalue weighted by atomic mass is 10.3. The van der Waals surface area contributed by atoms with E-state index in [2.05, 4.69) is 10.3 Å². The minimum atomic E-state index is -0.986. The molecule has 0 atom stereocenters. The lowest BCUT2D eigenvalue weighted by Gasteiger charge is -2.14. The van der Waals surface area contributed by atoms with E-state index in [1.807, 2.05) is 0 Å². The maximum atomic E-state index is 11.1. The summed E-state index contributed by atoms with van der Waals surface area (Å²) in [6.07, 6.45) is -0.986. The molecule has 6 nitrogen and oxygen atoms in total. The minimum absolute atomic E-state index is 0.194. The van der Waals surface area contributed by atoms with Crippen molar-refractivity contribution in [3.05, 3.63) is 16.0 Å². The van der Waals surface area contributed by atoms with Crippen LogP contribution < -0.4 is 5.32 Å². The van der Waals surface area contributed by atoms with Crippen LogP contribution in [0.5, 0.6) is 0 Å². The van der Waals surface area contributed by atoms with E-state index in [4.69, 9.17) is 5.11 Å². The van der Waals surface area contributed by atoms with Crippen LogP contribution >= 0.6 is 23.1 Å². The summed E-state index contributed by atoms with van der Waals surface area (Å²) in [5.41, 5.74) is 1.34. The van der Waals surface area contributed by atoms with Crippen LogP contribution in [0.15, 0.2) is 5.41 Å². The monoisotopic (exact) mass is 285 g/mol. The van der Waals surface area contributed by atoms with Crippen LogP contribution in [0.1, 0.15) is 17.5 Å². The van der Waals surface area contributed by atoms with Crippen molar-refractivity contribution in [3.63, 3.8) is 0 Å². The number of carbonyl (C=O) groups excluding carboxylic acids is 1. The topological polar surface area (TPSA) is 82.5 Å². The van der Waals surface area contributed by atoms with Gasteiger partial charge in [0, 0.05) is 6.92 Å². The van der Waals surface area contributed by atoms with Gasteiger partial charge < -0.3 is 10.4 Å². The number of nitrogens with one attached hydrogen (secondary N) is 1. The predicted octanol–water partition coefficient (Wildman–Crippen LogP) is 2.39. The molecule has 18 heavy (non-hydrogen) atoms. The van der Waals surface area contributed by atoms with Gasteiger partial charge in [-0.05, 0) is 12.3 Å². The zero-order valence-electron chi connectivity index (χ0n) is 9.76. The highest BCUT2D eigenvalue weighted by Gasteiger charge is 2.26. The van der Waals surface area contributed by atoms with Gasteiger partial charge in [-0.15, -0.1) is 11.8 Å². The van der Waals surface area contributed by atoms with Crippen LogP contribution in [-0.2, 0) is 4.79 Å². The maximum absolute atomic E-state index is 11.1. The average molecular weight is 285 g/mol. The zero-order valence-corrected chi connectivity index (χ0v) is 11.4. The van der Waals surface area contributed by atoms with E-state index < -0.39 is 6.09 Å². The molecule has 1 aromatic rings. The quantitative estimate of drug-likeness (QED) is 0.871. The molecule has 0 saturated carbocycles. The fraction of sp³-hybridized carbons (Fsp3) is 0.300. The van der Waals surface area contributed by atoms with Crippen molar-refractivity contribution in [1.29, 1.82) is 0 Å². The molecule has 0 fully saturated rings. The van der Waals surface area contributed by atoms with Crippen LogP contribution in [0.3, 0.4) is 0 Å². The predicted molar refractivity (Wildman–Crippen MR) is 71.5 cm³/mol. The van der Waals surface area contributed by atoms with Crippen LogP contribution in [0.4, 0.5) is 9.93 Å². The Morgan fingerprint density at radius 2 is 2.28 bits per heavy atom. The Balaban J connectivity index is 2.31. The van der Waals surface area contributed by atoms with Crippen molar-refractivity contribution in [2.45, 2.75) is 13.8 Å². The van der Waals surface area contributed by atoms with Crippen molar-refractivity contribution >= 4 is 45.9 Å². The van der Waals surface area contributed by atoms with E-state index in [1.165, 1.54) is 34.9 Å². The van der Waals surface area contributed by atoms with Gasteiger partial charge >= 0.3 is 6.09 Å². The fourth-order valence-corrected chi connectivity index (χ4v) is 3.48. The summed E-state index contributed by atoms with van der Waals surface area (Å²) in [4.78, 5) is 28.3. The normalized spacial score (nSPS) is 14.6. The second-order valence-electron chi connectivity index (χ2n) is 3.62. The van der Waals surface area contributed by atoms with Gasteiger partial charge in [-0.1, -0.05) is 11.3 Å². The molecule has 2 amide bonds. The number of amides is 2. The number of rotatable bonds is 2. The Morgan fingerprint density at radius 1 is 1.56 bits per heavy atom. The summed E-state index contributed by atoms with van der Waals surface area (Å²) in [6.45, 7) is 3.20. The molecule has 0 unspecified atom stereocenters. The largest absolute Gasteiger partial charge is 0.465 e. The molecule has 0 bridgehead atoms. The number of carbonyl (C=O) groups is 2. The molecule has 0 spiro atoms. The molecule has 2 rings (SSSR count). The number of thioether (sulfide) groups is 1. The highest BCUT2D eigenvalue weighted by molar-refractivity contribution is 8.02. The van der Waals surface area contributed by atoms with Crippen LogP contribution in [0.2, 0.25) is 0 Å². The lowest BCUT2D eigenvalue weighted by Crippen LogP contribution is -2.24. The second kappa shape index (κ2) is 4.99. The van der Waals surface area contributed by atoms with Gasteiger partial charge in [0.15, 0.2) is 5.13 Å². The van der Waals surface area contributed by atoms with Gasteiger partial charge in [-0.3, -0.25) is 9.69 Å². The molecule has 0 saturated heterocycles. The molecule has 1 aromatic heterocycles. The van der Waals surface area contributed by atoms with Gasteiger partial charge in [0.2, 0.25) is 5.91 Å². The highest BCUT2D eigenvalue weighted by atomic mass is 32.2. The first-order valence-electron chi connectivity index (χ1n) is 5.06. The average Bonchev–Trinajstić information content (AvgIpc) is 2.83. The van der Waals surface area contributed by atoms with Gasteiger partial charge in [0.1, 0.15) is 0 Å². The van der Waals surface area contributed by atoms with Crippen molar-refractivity contribution in [1.82, 2.24) is 9.88 Å². The number of hydrogen-bond acceptors (Lipinski definition) is 5. The van der Waals surface area contributed by atoms with Crippen LogP contribution in [-0.4, -0.2) is 32.9 Å². The summed E-state index contributed by atoms with van der Waals surface area (Å²) >= 11 is 2.70. The third-order valence-corrected chi connectivity index (χ3v) is 4.13. The van der Waals surface area contributed by atoms with Crippen LogP contribution in [0, 0.1) is 6.92 Å². The molecule has 1 aliphatic heterocycles. The first kappa shape index (κ1) is 12.9. The SMILES string of the molecule is CC(=O)Nc1nc(C)c(C2=CSCN2C(=O)O)s1. The highest BCUT2D eigenvalue weighted by Crippen LogP contribution is 2.37. The van der Waals surface area contributed by atoms with Crippen molar-refractivity contribution in [3.8, 4) is 0 Å². The fourth-order valence-electron chi connectivity index (χ4n) is 1.50. The molecule has 96 valence electrons. The Morgan fingerprint density at radius 3 is 2.89 bits per heavy atom. The van der Waals surface area contributed by atoms with Crippen molar-refractivity contribution < 1.29 is 14.7 Å². The molecule has 1 aliphatic rings. The summed E-state index contributed by atoms with van der Waals surface area (Å²) in [5, 5.41) is 14.0. The zero-order chi connectivity index (χ0) is 13.3. The smallest absolute Gasteiger partial charge is 0.412 e. The van der Waals surface area contributed by atoms with Crippen LogP contribution in [0.25, 0.3) is 5.70 Å². The molecular formula is C10H11N3O3S2. The molecule has 0 radical (unpaired) electrons. The van der Waals surface area contributed by atoms with Gasteiger partial charge in [0.25, 0.3) is 0 Å². The van der Waals surface area contributed by atoms with Gasteiger partial charge in [-0.25, -0.2) is 9.78 Å². The molecule has 0 aromatic carbocycles. The number of aryl methyl sites for hydroxylation is 1. The Kier molecular flexibility index (Phi) is 3.58. The summed E-state index contributed by atoms with van der Waals surface area (Å²) in [5.74, 6) is 0.192. The third-order valence-electron chi connectivity index (χ3n) is 2.23. The first-order chi connectivity index (χ1) is 8.49. The minimum Gasteiger partial charge on any atom is -0.465 e. The number of nitrogens with zero attached hydrogens (tertiary/aromatic N) is 2. The number of anilines is 1. The molecule has 2 heterocycles. The Bertz CT molecular complexity index is 538. The van der Waals surface area contributed by atoms with E-state index in [9.17, 15) is 9.59 Å². The lowest BCUT2D eigenvalue weighted by molar-refractivity contribution is -0.114. The second-order valence-corrected chi connectivity index (χ2v) is 5.45.